The molecule has 34 heavy (non-hydrogen) atoms. The number of amides is 1. The van der Waals surface area contributed by atoms with Gasteiger partial charge in [-0.25, -0.2) is 8.42 Å². The lowest BCUT2D eigenvalue weighted by molar-refractivity contribution is -0.120. The molecule has 1 N–H and O–H groups in total. The van der Waals surface area contributed by atoms with Gasteiger partial charge in [0.1, 0.15) is 18.0 Å². The summed E-state index contributed by atoms with van der Waals surface area (Å²) < 4.78 is 38.4. The minimum Gasteiger partial charge on any atom is -0.497 e. The molecule has 0 bridgehead atoms. The number of hydrogen-bond acceptors (Lipinski definition) is 5. The zero-order chi connectivity index (χ0) is 24.7. The van der Waals surface area contributed by atoms with E-state index in [2.05, 4.69) is 5.32 Å². The monoisotopic (exact) mass is 502 g/mol. The van der Waals surface area contributed by atoms with Gasteiger partial charge in [-0.05, 0) is 54.4 Å². The number of rotatable bonds is 10. The number of benzene rings is 3. The maximum absolute atomic E-state index is 13.5. The Morgan fingerprint density at radius 3 is 2.24 bits per heavy atom. The average Bonchev–Trinajstić information content (AvgIpc) is 2.86. The molecule has 0 aromatic heterocycles. The second-order valence-corrected chi connectivity index (χ2v) is 9.71. The van der Waals surface area contributed by atoms with Crippen LogP contribution in [0.4, 0.5) is 5.69 Å². The highest BCUT2D eigenvalue weighted by molar-refractivity contribution is 7.92. The molecule has 0 heterocycles. The maximum Gasteiger partial charge on any atom is 0.264 e. The highest BCUT2D eigenvalue weighted by Crippen LogP contribution is 2.32. The number of nitrogens with one attached hydrogen (secondary N) is 1. The second-order valence-electron chi connectivity index (χ2n) is 7.45. The molecule has 0 aliphatic rings. The standard InChI is InChI=1S/C25H27ClN2O5S/c1-4-23(18-10-13-20(32-2)14-11-18)27-25(29)17-28(19-12-15-24(33-3)22(26)16-19)34(30,31)21-8-6-5-7-9-21/h5-16,23H,4,17H2,1-3H3,(H,27,29)/t23-/m1/s1. The van der Waals surface area contributed by atoms with Crippen molar-refractivity contribution in [3.05, 3.63) is 83.4 Å². The molecule has 1 atom stereocenters. The smallest absolute Gasteiger partial charge is 0.264 e. The summed E-state index contributed by atoms with van der Waals surface area (Å²) in [4.78, 5) is 13.1. The first-order valence-electron chi connectivity index (χ1n) is 10.6. The van der Waals surface area contributed by atoms with Gasteiger partial charge in [-0.3, -0.25) is 9.10 Å². The van der Waals surface area contributed by atoms with Crippen molar-refractivity contribution in [3.63, 3.8) is 0 Å². The number of halogens is 1. The van der Waals surface area contributed by atoms with Crippen LogP contribution in [0.25, 0.3) is 0 Å². The van der Waals surface area contributed by atoms with Crippen molar-refractivity contribution in [3.8, 4) is 11.5 Å². The summed E-state index contributed by atoms with van der Waals surface area (Å²) in [5.74, 6) is 0.660. The molecule has 9 heteroatoms. The van der Waals surface area contributed by atoms with Crippen LogP contribution in [-0.4, -0.2) is 35.1 Å². The topological polar surface area (TPSA) is 84.9 Å². The largest absolute Gasteiger partial charge is 0.497 e. The number of nitrogens with zero attached hydrogens (tertiary/aromatic N) is 1. The summed E-state index contributed by atoms with van der Waals surface area (Å²) in [6.45, 7) is 1.52. The van der Waals surface area contributed by atoms with Crippen molar-refractivity contribution in [2.45, 2.75) is 24.3 Å². The third-order valence-corrected chi connectivity index (χ3v) is 7.39. The van der Waals surface area contributed by atoms with E-state index >= 15 is 0 Å². The van der Waals surface area contributed by atoms with Gasteiger partial charge in [-0.1, -0.05) is 48.9 Å². The van der Waals surface area contributed by atoms with Crippen LogP contribution in [0.2, 0.25) is 5.02 Å². The molecular formula is C25H27ClN2O5S. The van der Waals surface area contributed by atoms with Gasteiger partial charge in [0, 0.05) is 0 Å². The van der Waals surface area contributed by atoms with Crippen LogP contribution in [0.15, 0.2) is 77.7 Å². The molecule has 7 nitrogen and oxygen atoms in total. The van der Waals surface area contributed by atoms with E-state index in [9.17, 15) is 13.2 Å². The number of carbonyl (C=O) groups excluding carboxylic acids is 1. The first-order valence-corrected chi connectivity index (χ1v) is 12.5. The normalized spacial score (nSPS) is 12.0. The van der Waals surface area contributed by atoms with E-state index in [1.807, 2.05) is 31.2 Å². The number of anilines is 1. The van der Waals surface area contributed by atoms with Crippen molar-refractivity contribution >= 4 is 33.2 Å². The minimum atomic E-state index is -4.05. The van der Waals surface area contributed by atoms with Crippen molar-refractivity contribution in [2.75, 3.05) is 25.1 Å². The summed E-state index contributed by atoms with van der Waals surface area (Å²) in [6.07, 6.45) is 0.623. The highest BCUT2D eigenvalue weighted by Gasteiger charge is 2.28. The van der Waals surface area contributed by atoms with E-state index in [0.717, 1.165) is 9.87 Å². The molecule has 1 amide bonds. The fourth-order valence-corrected chi connectivity index (χ4v) is 5.16. The van der Waals surface area contributed by atoms with Gasteiger partial charge in [0.15, 0.2) is 0 Å². The van der Waals surface area contributed by atoms with E-state index in [4.69, 9.17) is 21.1 Å². The lowest BCUT2D eigenvalue weighted by Crippen LogP contribution is -2.42. The van der Waals surface area contributed by atoms with Gasteiger partial charge in [0.25, 0.3) is 10.0 Å². The molecule has 0 unspecified atom stereocenters. The maximum atomic E-state index is 13.5. The molecule has 3 rings (SSSR count). The van der Waals surface area contributed by atoms with E-state index in [-0.39, 0.29) is 21.6 Å². The van der Waals surface area contributed by atoms with Gasteiger partial charge < -0.3 is 14.8 Å². The van der Waals surface area contributed by atoms with Crippen molar-refractivity contribution in [1.29, 1.82) is 0 Å². The molecule has 0 saturated heterocycles. The summed E-state index contributed by atoms with van der Waals surface area (Å²) in [6, 6.07) is 19.6. The van der Waals surface area contributed by atoms with Crippen LogP contribution in [0.3, 0.4) is 0 Å². The van der Waals surface area contributed by atoms with Crippen LogP contribution < -0.4 is 19.1 Å². The lowest BCUT2D eigenvalue weighted by Gasteiger charge is -2.26. The van der Waals surface area contributed by atoms with Crippen LogP contribution in [0.1, 0.15) is 24.9 Å². The molecule has 3 aromatic carbocycles. The Hall–Kier alpha value is -3.23. The van der Waals surface area contributed by atoms with Gasteiger partial charge in [0.2, 0.25) is 5.91 Å². The molecular weight excluding hydrogens is 476 g/mol. The molecule has 0 saturated carbocycles. The number of ether oxygens (including phenoxy) is 2. The van der Waals surface area contributed by atoms with Gasteiger partial charge in [-0.15, -0.1) is 0 Å². The summed E-state index contributed by atoms with van der Waals surface area (Å²) in [5.41, 5.74) is 1.14. The van der Waals surface area contributed by atoms with Crippen LogP contribution >= 0.6 is 11.6 Å². The number of carbonyl (C=O) groups is 1. The Kier molecular flexibility index (Phi) is 8.41. The first-order chi connectivity index (χ1) is 16.3. The Morgan fingerprint density at radius 1 is 1.00 bits per heavy atom. The molecule has 3 aromatic rings. The van der Waals surface area contributed by atoms with Crippen molar-refractivity contribution in [1.82, 2.24) is 5.32 Å². The molecule has 0 spiro atoms. The second kappa shape index (κ2) is 11.3. The fourth-order valence-electron chi connectivity index (χ4n) is 3.47. The van der Waals surface area contributed by atoms with Crippen LogP contribution in [-0.2, 0) is 14.8 Å². The van der Waals surface area contributed by atoms with Gasteiger partial charge in [-0.2, -0.15) is 0 Å². The Morgan fingerprint density at radius 2 is 1.68 bits per heavy atom. The van der Waals surface area contributed by atoms with Gasteiger partial charge >= 0.3 is 0 Å². The van der Waals surface area contributed by atoms with Crippen LogP contribution in [0.5, 0.6) is 11.5 Å². The molecule has 0 radical (unpaired) electrons. The summed E-state index contributed by atoms with van der Waals surface area (Å²) in [7, 11) is -0.991. The average molecular weight is 503 g/mol. The van der Waals surface area contributed by atoms with E-state index in [1.165, 1.54) is 25.3 Å². The third-order valence-electron chi connectivity index (χ3n) is 5.30. The Balaban J connectivity index is 1.91. The van der Waals surface area contributed by atoms with Crippen molar-refractivity contribution in [2.24, 2.45) is 0 Å². The third kappa shape index (κ3) is 5.81. The fraction of sp³-hybridized carbons (Fsp3) is 0.240. The SMILES string of the molecule is CC[C@@H](NC(=O)CN(c1ccc(OC)c(Cl)c1)S(=O)(=O)c1ccccc1)c1ccc(OC)cc1. The quantitative estimate of drug-likeness (QED) is 0.429. The lowest BCUT2D eigenvalue weighted by atomic mass is 10.0. The predicted molar refractivity (Wildman–Crippen MR) is 133 cm³/mol. The van der Waals surface area contributed by atoms with Gasteiger partial charge in [0.05, 0.1) is 35.9 Å². The summed E-state index contributed by atoms with van der Waals surface area (Å²) in [5, 5.41) is 3.17. The number of hydrogen-bond donors (Lipinski definition) is 1. The minimum absolute atomic E-state index is 0.0666. The zero-order valence-corrected chi connectivity index (χ0v) is 20.8. The molecule has 0 aliphatic heterocycles. The predicted octanol–water partition coefficient (Wildman–Crippen LogP) is 4.82. The van der Waals surface area contributed by atoms with Crippen molar-refractivity contribution < 1.29 is 22.7 Å². The molecule has 0 fully saturated rings. The van der Waals surface area contributed by atoms with E-state index in [0.29, 0.717) is 17.9 Å². The highest BCUT2D eigenvalue weighted by atomic mass is 35.5. The molecule has 180 valence electrons. The zero-order valence-electron chi connectivity index (χ0n) is 19.2. The Labute approximate surface area is 205 Å². The number of methoxy groups -OCH3 is 2. The number of sulfonamides is 1. The summed E-state index contributed by atoms with van der Waals surface area (Å²) >= 11 is 6.26. The van der Waals surface area contributed by atoms with Crippen LogP contribution in [0, 0.1) is 0 Å². The van der Waals surface area contributed by atoms with E-state index < -0.39 is 22.5 Å². The molecule has 0 aliphatic carbocycles. The van der Waals surface area contributed by atoms with E-state index in [1.54, 1.807) is 37.4 Å². The Bertz CT molecular complexity index is 1220. The first kappa shape index (κ1) is 25.4.